The number of hydrogen-bond donors (Lipinski definition) is 1. The van der Waals surface area contributed by atoms with Crippen LogP contribution in [-0.2, 0) is 16.0 Å². The van der Waals surface area contributed by atoms with E-state index in [9.17, 15) is 0 Å². The topological polar surface area (TPSA) is 53.7 Å². The Kier molecular flexibility index (Phi) is 3.99. The molecule has 1 aliphatic heterocycles. The van der Waals surface area contributed by atoms with Gasteiger partial charge in [0.05, 0.1) is 26.4 Å². The van der Waals surface area contributed by atoms with Gasteiger partial charge in [0.15, 0.2) is 0 Å². The molecule has 1 saturated heterocycles. The number of ether oxygens (including phenoxy) is 2. The van der Waals surface area contributed by atoms with E-state index >= 15 is 0 Å². The molecule has 0 unspecified atom stereocenters. The first-order valence-corrected chi connectivity index (χ1v) is 5.84. The SMILES string of the molecule is CC1(COc2ccccc2CCON)COC1. The van der Waals surface area contributed by atoms with Crippen molar-refractivity contribution in [1.29, 1.82) is 0 Å². The van der Waals surface area contributed by atoms with Crippen LogP contribution in [-0.4, -0.2) is 26.4 Å². The van der Waals surface area contributed by atoms with Gasteiger partial charge in [-0.15, -0.1) is 0 Å². The second-order valence-electron chi connectivity index (χ2n) is 4.82. The fraction of sp³-hybridized carbons (Fsp3) is 0.538. The van der Waals surface area contributed by atoms with Crippen molar-refractivity contribution in [2.24, 2.45) is 11.3 Å². The maximum atomic E-state index is 5.86. The Hall–Kier alpha value is -1.10. The van der Waals surface area contributed by atoms with Gasteiger partial charge in [-0.1, -0.05) is 25.1 Å². The highest BCUT2D eigenvalue weighted by atomic mass is 16.6. The van der Waals surface area contributed by atoms with E-state index in [1.165, 1.54) is 0 Å². The van der Waals surface area contributed by atoms with Crippen molar-refractivity contribution in [2.75, 3.05) is 26.4 Å². The van der Waals surface area contributed by atoms with Crippen LogP contribution in [0.25, 0.3) is 0 Å². The highest BCUT2D eigenvalue weighted by Gasteiger charge is 2.34. The first-order chi connectivity index (χ1) is 8.23. The lowest BCUT2D eigenvalue weighted by Gasteiger charge is -2.37. The number of nitrogens with two attached hydrogens (primary N) is 1. The Morgan fingerprint density at radius 3 is 2.76 bits per heavy atom. The molecule has 1 fully saturated rings. The van der Waals surface area contributed by atoms with Crippen LogP contribution in [0.2, 0.25) is 0 Å². The van der Waals surface area contributed by atoms with Gasteiger partial charge in [-0.3, -0.25) is 0 Å². The molecule has 1 heterocycles. The molecule has 0 spiro atoms. The summed E-state index contributed by atoms with van der Waals surface area (Å²) in [6, 6.07) is 7.98. The normalized spacial score (nSPS) is 17.5. The summed E-state index contributed by atoms with van der Waals surface area (Å²) in [5.74, 6) is 5.96. The summed E-state index contributed by atoms with van der Waals surface area (Å²) < 4.78 is 11.1. The summed E-state index contributed by atoms with van der Waals surface area (Å²) >= 11 is 0. The molecule has 1 aliphatic rings. The third-order valence-corrected chi connectivity index (χ3v) is 2.94. The van der Waals surface area contributed by atoms with Gasteiger partial charge in [-0.2, -0.15) is 0 Å². The first-order valence-electron chi connectivity index (χ1n) is 5.84. The van der Waals surface area contributed by atoms with Gasteiger partial charge >= 0.3 is 0 Å². The molecule has 4 heteroatoms. The van der Waals surface area contributed by atoms with Gasteiger partial charge in [-0.05, 0) is 11.6 Å². The van der Waals surface area contributed by atoms with Gasteiger partial charge in [0.25, 0.3) is 0 Å². The third-order valence-electron chi connectivity index (χ3n) is 2.94. The number of rotatable bonds is 6. The minimum Gasteiger partial charge on any atom is -0.493 e. The van der Waals surface area contributed by atoms with Crippen molar-refractivity contribution in [3.05, 3.63) is 29.8 Å². The van der Waals surface area contributed by atoms with E-state index in [2.05, 4.69) is 11.8 Å². The molecule has 0 saturated carbocycles. The Bertz CT molecular complexity index is 363. The number of hydrogen-bond acceptors (Lipinski definition) is 4. The lowest BCUT2D eigenvalue weighted by atomic mass is 9.90. The standard InChI is InChI=1S/C13H19NO3/c1-13(8-15-9-13)10-16-12-5-3-2-4-11(12)6-7-17-14/h2-5H,6-10,14H2,1H3. The van der Waals surface area contributed by atoms with Crippen LogP contribution in [0, 0.1) is 5.41 Å². The summed E-state index contributed by atoms with van der Waals surface area (Å²) in [5.41, 5.74) is 1.29. The second kappa shape index (κ2) is 5.49. The molecule has 94 valence electrons. The monoisotopic (exact) mass is 237 g/mol. The predicted octanol–water partition coefficient (Wildman–Crippen LogP) is 1.53. The van der Waals surface area contributed by atoms with Gasteiger partial charge in [-0.25, -0.2) is 5.90 Å². The zero-order chi connectivity index (χ0) is 12.1. The van der Waals surface area contributed by atoms with Crippen LogP contribution in [0.4, 0.5) is 0 Å². The average Bonchev–Trinajstić information content (AvgIpc) is 2.32. The molecular weight excluding hydrogens is 218 g/mol. The summed E-state index contributed by atoms with van der Waals surface area (Å²) in [6.45, 7) is 4.92. The Balaban J connectivity index is 1.94. The highest BCUT2D eigenvalue weighted by Crippen LogP contribution is 2.28. The Labute approximate surface area is 102 Å². The van der Waals surface area contributed by atoms with E-state index in [4.69, 9.17) is 15.4 Å². The Morgan fingerprint density at radius 2 is 2.12 bits per heavy atom. The van der Waals surface area contributed by atoms with Gasteiger partial charge in [0, 0.05) is 11.8 Å². The van der Waals surface area contributed by atoms with Crippen molar-refractivity contribution in [3.8, 4) is 5.75 Å². The van der Waals surface area contributed by atoms with E-state index in [0.717, 1.165) is 30.9 Å². The molecule has 0 atom stereocenters. The van der Waals surface area contributed by atoms with Crippen LogP contribution >= 0.6 is 0 Å². The second-order valence-corrected chi connectivity index (χ2v) is 4.82. The zero-order valence-corrected chi connectivity index (χ0v) is 10.1. The molecule has 0 aliphatic carbocycles. The molecule has 17 heavy (non-hydrogen) atoms. The summed E-state index contributed by atoms with van der Waals surface area (Å²) in [4.78, 5) is 4.60. The summed E-state index contributed by atoms with van der Waals surface area (Å²) in [7, 11) is 0. The first kappa shape index (κ1) is 12.4. The average molecular weight is 237 g/mol. The molecule has 0 aromatic heterocycles. The van der Waals surface area contributed by atoms with E-state index in [-0.39, 0.29) is 5.41 Å². The van der Waals surface area contributed by atoms with Crippen LogP contribution in [0.1, 0.15) is 12.5 Å². The van der Waals surface area contributed by atoms with Crippen LogP contribution in [0.5, 0.6) is 5.75 Å². The smallest absolute Gasteiger partial charge is 0.122 e. The van der Waals surface area contributed by atoms with Gasteiger partial charge in [0.1, 0.15) is 5.75 Å². The maximum absolute atomic E-state index is 5.86. The molecule has 2 rings (SSSR count). The van der Waals surface area contributed by atoms with E-state index in [1.54, 1.807) is 0 Å². The number of para-hydroxylation sites is 1. The van der Waals surface area contributed by atoms with Crippen LogP contribution in [0.15, 0.2) is 24.3 Å². The summed E-state index contributed by atoms with van der Waals surface area (Å²) in [6.07, 6.45) is 0.764. The van der Waals surface area contributed by atoms with E-state index in [0.29, 0.717) is 13.2 Å². The molecule has 0 amide bonds. The van der Waals surface area contributed by atoms with Crippen molar-refractivity contribution < 1.29 is 14.3 Å². The van der Waals surface area contributed by atoms with Crippen LogP contribution < -0.4 is 10.6 Å². The van der Waals surface area contributed by atoms with Gasteiger partial charge < -0.3 is 14.3 Å². The quantitative estimate of drug-likeness (QED) is 0.762. The minimum absolute atomic E-state index is 0.164. The largest absolute Gasteiger partial charge is 0.493 e. The maximum Gasteiger partial charge on any atom is 0.122 e. The molecule has 0 radical (unpaired) electrons. The summed E-state index contributed by atoms with van der Waals surface area (Å²) in [5, 5.41) is 0. The van der Waals surface area contributed by atoms with Crippen molar-refractivity contribution in [1.82, 2.24) is 0 Å². The lowest BCUT2D eigenvalue weighted by Crippen LogP contribution is -2.44. The third kappa shape index (κ3) is 3.19. The zero-order valence-electron chi connectivity index (χ0n) is 10.1. The fourth-order valence-corrected chi connectivity index (χ4v) is 1.81. The molecule has 1 aromatic rings. The molecule has 2 N–H and O–H groups in total. The van der Waals surface area contributed by atoms with Crippen molar-refractivity contribution >= 4 is 0 Å². The molecular formula is C13H19NO3. The van der Waals surface area contributed by atoms with E-state index < -0.39 is 0 Å². The molecule has 4 nitrogen and oxygen atoms in total. The van der Waals surface area contributed by atoms with E-state index in [1.807, 2.05) is 24.3 Å². The minimum atomic E-state index is 0.164. The van der Waals surface area contributed by atoms with Crippen molar-refractivity contribution in [3.63, 3.8) is 0 Å². The molecule has 0 bridgehead atoms. The fourth-order valence-electron chi connectivity index (χ4n) is 1.81. The van der Waals surface area contributed by atoms with Crippen molar-refractivity contribution in [2.45, 2.75) is 13.3 Å². The lowest BCUT2D eigenvalue weighted by molar-refractivity contribution is -0.120. The van der Waals surface area contributed by atoms with Crippen LogP contribution in [0.3, 0.4) is 0 Å². The number of benzene rings is 1. The highest BCUT2D eigenvalue weighted by molar-refractivity contribution is 5.33. The predicted molar refractivity (Wildman–Crippen MR) is 64.7 cm³/mol. The Morgan fingerprint density at radius 1 is 1.35 bits per heavy atom. The van der Waals surface area contributed by atoms with Gasteiger partial charge in [0.2, 0.25) is 0 Å². The molecule has 1 aromatic carbocycles.